The van der Waals surface area contributed by atoms with E-state index in [-0.39, 0.29) is 0 Å². The molecule has 1 aromatic rings. The molecule has 0 spiro atoms. The summed E-state index contributed by atoms with van der Waals surface area (Å²) in [5, 5.41) is 3.44. The highest BCUT2D eigenvalue weighted by Crippen LogP contribution is 2.22. The number of hydrogen-bond donors (Lipinski definition) is 1. The van der Waals surface area contributed by atoms with Crippen LogP contribution in [0.3, 0.4) is 0 Å². The van der Waals surface area contributed by atoms with Gasteiger partial charge in [-0.25, -0.2) is 0 Å². The Labute approximate surface area is 86.5 Å². The summed E-state index contributed by atoms with van der Waals surface area (Å²) >= 11 is 0. The van der Waals surface area contributed by atoms with Gasteiger partial charge >= 0.3 is 0 Å². The summed E-state index contributed by atoms with van der Waals surface area (Å²) in [4.78, 5) is 0. The van der Waals surface area contributed by atoms with Gasteiger partial charge in [-0.15, -0.1) is 0 Å². The summed E-state index contributed by atoms with van der Waals surface area (Å²) in [6, 6.07) is 10.8. The van der Waals surface area contributed by atoms with Gasteiger partial charge in [-0.1, -0.05) is 37.3 Å². The zero-order valence-electron chi connectivity index (χ0n) is 8.87. The van der Waals surface area contributed by atoms with Crippen LogP contribution in [0.4, 0.5) is 0 Å². The standard InChI is InChI=1S/C13H19N/c1-11(13-7-8-14-10-13)9-12-5-3-2-4-6-12/h2-6,11,13-14H,7-10H2,1H3. The predicted molar refractivity (Wildman–Crippen MR) is 60.3 cm³/mol. The van der Waals surface area contributed by atoms with E-state index >= 15 is 0 Å². The molecule has 2 unspecified atom stereocenters. The smallest absolute Gasteiger partial charge is 0.00174 e. The Morgan fingerprint density at radius 3 is 2.79 bits per heavy atom. The number of benzene rings is 1. The van der Waals surface area contributed by atoms with Gasteiger partial charge in [0.15, 0.2) is 0 Å². The van der Waals surface area contributed by atoms with Crippen LogP contribution in [0.2, 0.25) is 0 Å². The van der Waals surface area contributed by atoms with Gasteiger partial charge in [-0.05, 0) is 43.3 Å². The maximum atomic E-state index is 3.44. The minimum Gasteiger partial charge on any atom is -0.316 e. The molecule has 14 heavy (non-hydrogen) atoms. The number of hydrogen-bond acceptors (Lipinski definition) is 1. The topological polar surface area (TPSA) is 12.0 Å². The Morgan fingerprint density at radius 2 is 2.14 bits per heavy atom. The fourth-order valence-corrected chi connectivity index (χ4v) is 2.32. The van der Waals surface area contributed by atoms with Gasteiger partial charge in [0.1, 0.15) is 0 Å². The van der Waals surface area contributed by atoms with Crippen LogP contribution >= 0.6 is 0 Å². The van der Waals surface area contributed by atoms with Crippen LogP contribution in [-0.4, -0.2) is 13.1 Å². The van der Waals surface area contributed by atoms with Crippen molar-refractivity contribution in [2.24, 2.45) is 11.8 Å². The Hall–Kier alpha value is -0.820. The Kier molecular flexibility index (Phi) is 3.20. The fourth-order valence-electron chi connectivity index (χ4n) is 2.32. The maximum absolute atomic E-state index is 3.44. The first kappa shape index (κ1) is 9.72. The lowest BCUT2D eigenvalue weighted by atomic mass is 9.88. The van der Waals surface area contributed by atoms with Crippen LogP contribution in [0, 0.1) is 11.8 Å². The highest BCUT2D eigenvalue weighted by atomic mass is 14.9. The van der Waals surface area contributed by atoms with Crippen molar-refractivity contribution in [1.29, 1.82) is 0 Å². The maximum Gasteiger partial charge on any atom is -0.00174 e. The minimum absolute atomic E-state index is 0.812. The average Bonchev–Trinajstić information content (AvgIpc) is 2.72. The van der Waals surface area contributed by atoms with Crippen molar-refractivity contribution in [2.45, 2.75) is 19.8 Å². The SMILES string of the molecule is CC(Cc1ccccc1)C1CCNC1. The Morgan fingerprint density at radius 1 is 1.36 bits per heavy atom. The molecule has 1 heterocycles. The summed E-state index contributed by atoms with van der Waals surface area (Å²) in [6.45, 7) is 4.81. The summed E-state index contributed by atoms with van der Waals surface area (Å²) in [6.07, 6.45) is 2.58. The van der Waals surface area contributed by atoms with Crippen LogP contribution in [0.15, 0.2) is 30.3 Å². The molecule has 0 aromatic heterocycles. The van der Waals surface area contributed by atoms with E-state index in [1.165, 1.54) is 31.5 Å². The van der Waals surface area contributed by atoms with Crippen molar-refractivity contribution in [2.75, 3.05) is 13.1 Å². The molecule has 1 aromatic carbocycles. The number of rotatable bonds is 3. The van der Waals surface area contributed by atoms with E-state index in [4.69, 9.17) is 0 Å². The molecule has 0 bridgehead atoms. The highest BCUT2D eigenvalue weighted by molar-refractivity contribution is 5.15. The van der Waals surface area contributed by atoms with Crippen molar-refractivity contribution in [3.8, 4) is 0 Å². The zero-order valence-corrected chi connectivity index (χ0v) is 8.87. The van der Waals surface area contributed by atoms with Gasteiger partial charge in [0.2, 0.25) is 0 Å². The monoisotopic (exact) mass is 189 g/mol. The third-order valence-electron chi connectivity index (χ3n) is 3.30. The van der Waals surface area contributed by atoms with E-state index in [9.17, 15) is 0 Å². The van der Waals surface area contributed by atoms with E-state index in [1.807, 2.05) is 0 Å². The second-order valence-corrected chi connectivity index (χ2v) is 4.42. The molecule has 0 radical (unpaired) electrons. The summed E-state index contributed by atoms with van der Waals surface area (Å²) < 4.78 is 0. The lowest BCUT2D eigenvalue weighted by molar-refractivity contribution is 0.385. The van der Waals surface area contributed by atoms with Gasteiger partial charge in [0.25, 0.3) is 0 Å². The molecule has 1 aliphatic rings. The molecule has 0 saturated carbocycles. The highest BCUT2D eigenvalue weighted by Gasteiger charge is 2.20. The van der Waals surface area contributed by atoms with E-state index < -0.39 is 0 Å². The van der Waals surface area contributed by atoms with Crippen LogP contribution in [0.25, 0.3) is 0 Å². The largest absolute Gasteiger partial charge is 0.316 e. The second-order valence-electron chi connectivity index (χ2n) is 4.42. The molecular formula is C13H19N. The molecule has 1 N–H and O–H groups in total. The molecule has 1 aliphatic heterocycles. The molecule has 1 fully saturated rings. The van der Waals surface area contributed by atoms with E-state index in [2.05, 4.69) is 42.6 Å². The molecule has 0 aliphatic carbocycles. The quantitative estimate of drug-likeness (QED) is 0.770. The van der Waals surface area contributed by atoms with Crippen LogP contribution < -0.4 is 5.32 Å². The molecule has 2 rings (SSSR count). The third-order valence-corrected chi connectivity index (χ3v) is 3.30. The van der Waals surface area contributed by atoms with Gasteiger partial charge in [-0.3, -0.25) is 0 Å². The van der Waals surface area contributed by atoms with Crippen molar-refractivity contribution < 1.29 is 0 Å². The van der Waals surface area contributed by atoms with E-state index in [0.29, 0.717) is 0 Å². The average molecular weight is 189 g/mol. The van der Waals surface area contributed by atoms with Crippen LogP contribution in [-0.2, 0) is 6.42 Å². The minimum atomic E-state index is 0.812. The molecule has 76 valence electrons. The first-order valence-corrected chi connectivity index (χ1v) is 5.61. The molecule has 1 saturated heterocycles. The third kappa shape index (κ3) is 2.36. The van der Waals surface area contributed by atoms with Crippen molar-refractivity contribution >= 4 is 0 Å². The first-order chi connectivity index (χ1) is 6.86. The molecule has 0 amide bonds. The summed E-state index contributed by atoms with van der Waals surface area (Å²) in [5.74, 6) is 1.70. The Balaban J connectivity index is 1.90. The van der Waals surface area contributed by atoms with Gasteiger partial charge in [-0.2, -0.15) is 0 Å². The molecular weight excluding hydrogens is 170 g/mol. The van der Waals surface area contributed by atoms with E-state index in [0.717, 1.165) is 11.8 Å². The number of nitrogens with one attached hydrogen (secondary N) is 1. The normalized spacial score (nSPS) is 23.6. The summed E-state index contributed by atoms with van der Waals surface area (Å²) in [5.41, 5.74) is 1.48. The van der Waals surface area contributed by atoms with Crippen molar-refractivity contribution in [3.63, 3.8) is 0 Å². The second kappa shape index (κ2) is 4.61. The van der Waals surface area contributed by atoms with Gasteiger partial charge in [0.05, 0.1) is 0 Å². The fraction of sp³-hybridized carbons (Fsp3) is 0.538. The summed E-state index contributed by atoms with van der Waals surface area (Å²) in [7, 11) is 0. The van der Waals surface area contributed by atoms with Crippen LogP contribution in [0.5, 0.6) is 0 Å². The molecule has 1 heteroatoms. The lowest BCUT2D eigenvalue weighted by Crippen LogP contribution is -2.17. The molecule has 1 nitrogen and oxygen atoms in total. The van der Waals surface area contributed by atoms with Crippen LogP contribution in [0.1, 0.15) is 18.9 Å². The lowest BCUT2D eigenvalue weighted by Gasteiger charge is -2.17. The Bertz CT molecular complexity index is 262. The van der Waals surface area contributed by atoms with E-state index in [1.54, 1.807) is 0 Å². The molecule has 2 atom stereocenters. The van der Waals surface area contributed by atoms with Crippen molar-refractivity contribution in [1.82, 2.24) is 5.32 Å². The first-order valence-electron chi connectivity index (χ1n) is 5.61. The van der Waals surface area contributed by atoms with Gasteiger partial charge in [0, 0.05) is 0 Å². The predicted octanol–water partition coefficient (Wildman–Crippen LogP) is 2.47. The van der Waals surface area contributed by atoms with Crippen molar-refractivity contribution in [3.05, 3.63) is 35.9 Å². The van der Waals surface area contributed by atoms with Gasteiger partial charge < -0.3 is 5.32 Å². The zero-order chi connectivity index (χ0) is 9.80.